The highest BCUT2D eigenvalue weighted by Gasteiger charge is 2.29. The highest BCUT2D eigenvalue weighted by Crippen LogP contribution is 2.26. The summed E-state index contributed by atoms with van der Waals surface area (Å²) >= 11 is 0. The van der Waals surface area contributed by atoms with Crippen molar-refractivity contribution < 1.29 is 9.53 Å². The summed E-state index contributed by atoms with van der Waals surface area (Å²) < 4.78 is 5.95. The van der Waals surface area contributed by atoms with Gasteiger partial charge in [0.05, 0.1) is 16.9 Å². The van der Waals surface area contributed by atoms with Gasteiger partial charge in [0.1, 0.15) is 5.75 Å². The Kier molecular flexibility index (Phi) is 4.84. The third-order valence-corrected chi connectivity index (χ3v) is 6.06. The number of hydrogen-bond donors (Lipinski definition) is 1. The molecule has 8 nitrogen and oxygen atoms in total. The van der Waals surface area contributed by atoms with E-state index in [1.807, 2.05) is 47.4 Å². The molecule has 2 aliphatic heterocycles. The van der Waals surface area contributed by atoms with Gasteiger partial charge in [-0.3, -0.25) is 19.8 Å². The van der Waals surface area contributed by atoms with E-state index in [1.165, 1.54) is 0 Å². The second-order valence-electron chi connectivity index (χ2n) is 8.27. The lowest BCUT2D eigenvalue weighted by Gasteiger charge is -2.34. The molecule has 5 heterocycles. The smallest absolute Gasteiger partial charge is 0.230 e. The summed E-state index contributed by atoms with van der Waals surface area (Å²) in [6.45, 7) is 3.18. The summed E-state index contributed by atoms with van der Waals surface area (Å²) in [5.41, 5.74) is 4.94. The van der Waals surface area contributed by atoms with Gasteiger partial charge >= 0.3 is 0 Å². The predicted molar refractivity (Wildman–Crippen MR) is 123 cm³/mol. The molecule has 3 aromatic heterocycles. The quantitative estimate of drug-likeness (QED) is 0.511. The van der Waals surface area contributed by atoms with Crippen molar-refractivity contribution in [3.8, 4) is 22.9 Å². The highest BCUT2D eigenvalue weighted by atomic mass is 16.5. The molecule has 6 rings (SSSR count). The summed E-state index contributed by atoms with van der Waals surface area (Å²) in [5, 5.41) is 7.90. The van der Waals surface area contributed by atoms with Crippen molar-refractivity contribution in [2.75, 3.05) is 19.6 Å². The lowest BCUT2D eigenvalue weighted by atomic mass is 10.2. The molecule has 0 spiro atoms. The average molecular weight is 438 g/mol. The first-order valence-corrected chi connectivity index (χ1v) is 11.0. The third-order valence-electron chi connectivity index (χ3n) is 6.06. The first-order valence-electron chi connectivity index (χ1n) is 11.0. The van der Waals surface area contributed by atoms with Crippen LogP contribution in [0, 0.1) is 0 Å². The number of carbonyl (C=O) groups is 1. The number of hydrogen-bond acceptors (Lipinski definition) is 6. The molecule has 0 atom stereocenters. The molecule has 1 amide bonds. The number of nitrogens with zero attached hydrogens (tertiary/aromatic N) is 5. The van der Waals surface area contributed by atoms with Crippen LogP contribution in [0.15, 0.2) is 72.7 Å². The summed E-state index contributed by atoms with van der Waals surface area (Å²) in [4.78, 5) is 25.3. The third kappa shape index (κ3) is 3.96. The molecule has 4 aromatic rings. The molecule has 164 valence electrons. The van der Waals surface area contributed by atoms with E-state index in [2.05, 4.69) is 32.2 Å². The van der Waals surface area contributed by atoms with Crippen molar-refractivity contribution in [3.63, 3.8) is 0 Å². The number of ether oxygens (including phenoxy) is 1. The molecule has 0 aliphatic carbocycles. The van der Waals surface area contributed by atoms with Gasteiger partial charge in [0.15, 0.2) is 0 Å². The monoisotopic (exact) mass is 438 g/mol. The number of H-pyrrole nitrogens is 1. The summed E-state index contributed by atoms with van der Waals surface area (Å²) in [7, 11) is 0. The van der Waals surface area contributed by atoms with Gasteiger partial charge in [0.25, 0.3) is 0 Å². The Morgan fingerprint density at radius 3 is 2.88 bits per heavy atom. The molecular formula is C25H22N6O2. The van der Waals surface area contributed by atoms with Crippen molar-refractivity contribution in [1.82, 2.24) is 30.0 Å². The Morgan fingerprint density at radius 2 is 2.03 bits per heavy atom. The van der Waals surface area contributed by atoms with Gasteiger partial charge in [0, 0.05) is 67.7 Å². The number of amides is 1. The number of rotatable bonds is 5. The van der Waals surface area contributed by atoms with E-state index in [1.54, 1.807) is 12.4 Å². The Hall–Kier alpha value is -4.04. The van der Waals surface area contributed by atoms with Crippen LogP contribution in [-0.2, 0) is 11.3 Å². The fourth-order valence-electron chi connectivity index (χ4n) is 4.35. The van der Waals surface area contributed by atoms with E-state index in [-0.39, 0.29) is 5.91 Å². The number of nitrogens with one attached hydrogen (secondary N) is 1. The minimum absolute atomic E-state index is 0.218. The molecule has 1 N–H and O–H groups in total. The predicted octanol–water partition coefficient (Wildman–Crippen LogP) is 3.74. The zero-order chi connectivity index (χ0) is 22.2. The van der Waals surface area contributed by atoms with Crippen molar-refractivity contribution in [3.05, 3.63) is 78.4 Å². The van der Waals surface area contributed by atoms with Crippen molar-refractivity contribution in [1.29, 1.82) is 0 Å². The fourth-order valence-corrected chi connectivity index (χ4v) is 4.35. The van der Waals surface area contributed by atoms with Gasteiger partial charge < -0.3 is 9.64 Å². The minimum Gasteiger partial charge on any atom is -0.439 e. The Balaban J connectivity index is 1.14. The molecule has 0 saturated carbocycles. The lowest BCUT2D eigenvalue weighted by molar-refractivity contribution is -0.128. The number of piperazine rings is 1. The lowest BCUT2D eigenvalue weighted by Crippen LogP contribution is -2.44. The second kappa shape index (κ2) is 8.14. The summed E-state index contributed by atoms with van der Waals surface area (Å²) in [6.07, 6.45) is 6.05. The number of carbonyl (C=O) groups excluding carboxylic acids is 1. The first-order chi connectivity index (χ1) is 16.2. The number of fused-ring (bicyclic) bond motifs is 2. The van der Waals surface area contributed by atoms with Crippen molar-refractivity contribution in [2.24, 2.45) is 0 Å². The maximum Gasteiger partial charge on any atom is 0.230 e. The number of aromatic amines is 1. The van der Waals surface area contributed by atoms with Crippen LogP contribution in [0.4, 0.5) is 0 Å². The van der Waals surface area contributed by atoms with E-state index >= 15 is 0 Å². The van der Waals surface area contributed by atoms with Gasteiger partial charge in [-0.25, -0.2) is 4.98 Å². The van der Waals surface area contributed by atoms with Gasteiger partial charge in [-0.05, 0) is 36.4 Å². The molecule has 8 heteroatoms. The van der Waals surface area contributed by atoms with E-state index in [0.717, 1.165) is 59.7 Å². The van der Waals surface area contributed by atoms with Crippen molar-refractivity contribution >= 4 is 16.8 Å². The van der Waals surface area contributed by atoms with Gasteiger partial charge in [-0.2, -0.15) is 5.10 Å². The van der Waals surface area contributed by atoms with Gasteiger partial charge in [-0.1, -0.05) is 12.1 Å². The molecule has 0 radical (unpaired) electrons. The zero-order valence-corrected chi connectivity index (χ0v) is 17.9. The minimum atomic E-state index is 0.218. The Morgan fingerprint density at radius 1 is 1.06 bits per heavy atom. The molecular weight excluding hydrogens is 416 g/mol. The van der Waals surface area contributed by atoms with Crippen LogP contribution in [0.5, 0.6) is 11.6 Å². The van der Waals surface area contributed by atoms with Crippen LogP contribution < -0.4 is 4.74 Å². The largest absolute Gasteiger partial charge is 0.439 e. The Labute approximate surface area is 190 Å². The van der Waals surface area contributed by atoms with Crippen LogP contribution in [-0.4, -0.2) is 55.5 Å². The average Bonchev–Trinajstić information content (AvgIpc) is 3.50. The van der Waals surface area contributed by atoms with E-state index in [9.17, 15) is 4.79 Å². The van der Waals surface area contributed by atoms with Crippen LogP contribution in [0.25, 0.3) is 22.2 Å². The van der Waals surface area contributed by atoms with E-state index in [0.29, 0.717) is 18.1 Å². The number of benzene rings is 1. The number of pyridine rings is 2. The first kappa shape index (κ1) is 19.6. The second-order valence-corrected chi connectivity index (χ2v) is 8.27. The zero-order valence-electron chi connectivity index (χ0n) is 17.9. The van der Waals surface area contributed by atoms with Gasteiger partial charge in [-0.15, -0.1) is 0 Å². The molecule has 2 aliphatic rings. The molecule has 0 unspecified atom stereocenters. The normalized spacial score (nSPS) is 16.2. The van der Waals surface area contributed by atoms with Crippen LogP contribution >= 0.6 is 0 Å². The van der Waals surface area contributed by atoms with Crippen LogP contribution in [0.2, 0.25) is 0 Å². The van der Waals surface area contributed by atoms with E-state index < -0.39 is 0 Å². The summed E-state index contributed by atoms with van der Waals surface area (Å²) in [6, 6.07) is 15.7. The molecule has 1 fully saturated rings. The topological polar surface area (TPSA) is 87.2 Å². The van der Waals surface area contributed by atoms with E-state index in [4.69, 9.17) is 9.72 Å². The maximum atomic E-state index is 11.9. The molecule has 33 heavy (non-hydrogen) atoms. The number of aromatic nitrogens is 4. The molecule has 1 aromatic carbocycles. The Bertz CT molecular complexity index is 1350. The van der Waals surface area contributed by atoms with Crippen LogP contribution in [0.3, 0.4) is 0 Å². The molecule has 1 saturated heterocycles. The van der Waals surface area contributed by atoms with Gasteiger partial charge in [0.2, 0.25) is 11.8 Å². The van der Waals surface area contributed by atoms with Crippen LogP contribution in [0.1, 0.15) is 12.1 Å². The standard InChI is InChI=1S/C25H22N6O2/c32-25-8-4-20-16-30(11-12-31(20)25)15-19-3-1-17-13-21(5-6-22(17)28-19)33-24-7-2-18(14-26-24)23-9-10-27-29-23/h1-7,9-10,13-14H,8,11-12,15-16H2,(H,27,29). The maximum absolute atomic E-state index is 11.9. The fraction of sp³-hybridized carbons (Fsp3) is 0.200. The highest BCUT2D eigenvalue weighted by molar-refractivity contribution is 5.83. The molecule has 0 bridgehead atoms. The SMILES string of the molecule is O=C1CC=C2CN(Cc3ccc4cc(Oc5ccc(-c6ccn[nH]6)cn5)ccc4n3)CCN12. The van der Waals surface area contributed by atoms with Crippen molar-refractivity contribution in [2.45, 2.75) is 13.0 Å². The summed E-state index contributed by atoms with van der Waals surface area (Å²) in [5.74, 6) is 1.46.